The molecule has 0 atom stereocenters. The molecule has 0 aromatic heterocycles. The lowest BCUT2D eigenvalue weighted by molar-refractivity contribution is -0.127. The number of ether oxygens (including phenoxy) is 1. The Balaban J connectivity index is 0.000000450. The molecule has 2 rings (SSSR count). The largest absolute Gasteiger partial charge is 0.495 e. The maximum atomic E-state index is 12.0. The number of methoxy groups -OCH3 is 1. The Morgan fingerprint density at radius 3 is 2.00 bits per heavy atom. The van der Waals surface area contributed by atoms with Gasteiger partial charge in [0.25, 0.3) is 5.91 Å². The van der Waals surface area contributed by atoms with Crippen LogP contribution in [0.4, 0.5) is 11.4 Å². The molecule has 0 bridgehead atoms. The molecule has 2 aromatic rings. The molecule has 0 aliphatic rings. The molecule has 1 amide bonds. The zero-order valence-electron chi connectivity index (χ0n) is 13.5. The number of rotatable bonds is 4. The summed E-state index contributed by atoms with van der Waals surface area (Å²) >= 11 is 8.98. The predicted molar refractivity (Wildman–Crippen MR) is 98.3 cm³/mol. The number of carbonyl (C=O) groups is 3. The van der Waals surface area contributed by atoms with Crippen molar-refractivity contribution < 1.29 is 19.1 Å². The van der Waals surface area contributed by atoms with Gasteiger partial charge in [0.2, 0.25) is 0 Å². The highest BCUT2D eigenvalue weighted by Gasteiger charge is 2.08. The summed E-state index contributed by atoms with van der Waals surface area (Å²) in [5.74, 6) is 0.366. The topological polar surface area (TPSA) is 98.5 Å². The van der Waals surface area contributed by atoms with Crippen LogP contribution in [0.5, 0.6) is 5.75 Å². The highest BCUT2D eigenvalue weighted by atomic mass is 35.5. The van der Waals surface area contributed by atoms with E-state index in [2.05, 4.69) is 28.5 Å². The third-order valence-corrected chi connectivity index (χ3v) is 3.40. The monoisotopic (exact) mass is 382 g/mol. The van der Waals surface area contributed by atoms with Gasteiger partial charge in [0.15, 0.2) is 0 Å². The van der Waals surface area contributed by atoms with Crippen molar-refractivity contribution in [3.63, 3.8) is 0 Å². The summed E-state index contributed by atoms with van der Waals surface area (Å²) < 4.78 is 5.05. The van der Waals surface area contributed by atoms with Crippen molar-refractivity contribution >= 4 is 51.0 Å². The van der Waals surface area contributed by atoms with E-state index < -0.39 is 10.5 Å². The summed E-state index contributed by atoms with van der Waals surface area (Å²) in [6.45, 7) is 2.00. The summed E-state index contributed by atoms with van der Waals surface area (Å²) in [6, 6.07) is 12.6. The summed E-state index contributed by atoms with van der Waals surface area (Å²) in [5, 5.41) is 0.531. The van der Waals surface area contributed by atoms with Crippen molar-refractivity contribution in [3.05, 3.63) is 53.6 Å². The van der Waals surface area contributed by atoms with E-state index in [9.17, 15) is 14.4 Å². The highest BCUT2D eigenvalue weighted by molar-refractivity contribution is 6.97. The number of carbonyl (C=O) groups excluding carboxylic acids is 3. The average molecular weight is 383 g/mol. The molecule has 3 N–H and O–H groups in total. The fourth-order valence-corrected chi connectivity index (χ4v) is 1.72. The quantitative estimate of drug-likeness (QED) is 0.479. The van der Waals surface area contributed by atoms with Crippen molar-refractivity contribution in [3.8, 4) is 5.75 Å². The number of halogens is 2. The first-order valence-electron chi connectivity index (χ1n) is 6.95. The minimum Gasteiger partial charge on any atom is -0.495 e. The molecule has 0 spiro atoms. The second kappa shape index (κ2) is 9.66. The molecule has 2 aromatic carbocycles. The highest BCUT2D eigenvalue weighted by Crippen LogP contribution is 2.22. The third-order valence-electron chi connectivity index (χ3n) is 2.96. The normalized spacial score (nSPS) is 9.44. The number of nitrogen functional groups attached to an aromatic ring is 1. The molecule has 6 nitrogen and oxygen atoms in total. The van der Waals surface area contributed by atoms with Gasteiger partial charge >= 0.3 is 10.5 Å². The molecule has 0 fully saturated rings. The van der Waals surface area contributed by atoms with E-state index in [1.165, 1.54) is 7.11 Å². The van der Waals surface area contributed by atoms with Crippen LogP contribution in [0.1, 0.15) is 15.9 Å². The number of nitrogens with one attached hydrogen (secondary N) is 1. The second-order valence-corrected chi connectivity index (χ2v) is 5.51. The van der Waals surface area contributed by atoms with Gasteiger partial charge < -0.3 is 15.8 Å². The van der Waals surface area contributed by atoms with E-state index in [4.69, 9.17) is 10.5 Å². The van der Waals surface area contributed by atoms with Crippen LogP contribution in [0.25, 0.3) is 0 Å². The Labute approximate surface area is 154 Å². The minimum atomic E-state index is -1.14. The van der Waals surface area contributed by atoms with Crippen LogP contribution < -0.4 is 15.8 Å². The van der Waals surface area contributed by atoms with Crippen LogP contribution in [0.3, 0.4) is 0 Å². The Hall–Kier alpha value is -2.57. The molecule has 0 saturated carbocycles. The Morgan fingerprint density at radius 2 is 1.56 bits per heavy atom. The number of benzene rings is 2. The van der Waals surface area contributed by atoms with Crippen LogP contribution in [0, 0.1) is 6.92 Å². The van der Waals surface area contributed by atoms with E-state index in [-0.39, 0.29) is 5.91 Å². The van der Waals surface area contributed by atoms with Gasteiger partial charge in [-0.1, -0.05) is 17.7 Å². The van der Waals surface area contributed by atoms with Gasteiger partial charge in [-0.3, -0.25) is 14.4 Å². The van der Waals surface area contributed by atoms with Gasteiger partial charge in [0, 0.05) is 11.3 Å². The maximum absolute atomic E-state index is 12.0. The lowest BCUT2D eigenvalue weighted by Crippen LogP contribution is -2.12. The first kappa shape index (κ1) is 20.5. The SMILES string of the molecule is COc1ccc(C(=O)Nc2ccc(C)cc2)cc1N.O=C(Cl)C(=O)Cl. The molecule has 0 aliphatic heterocycles. The molecule has 132 valence electrons. The zero-order chi connectivity index (χ0) is 19.0. The van der Waals surface area contributed by atoms with E-state index >= 15 is 0 Å². The maximum Gasteiger partial charge on any atom is 0.304 e. The van der Waals surface area contributed by atoms with Crippen molar-refractivity contribution in [1.29, 1.82) is 0 Å². The van der Waals surface area contributed by atoms with Gasteiger partial charge in [-0.2, -0.15) is 0 Å². The van der Waals surface area contributed by atoms with Gasteiger partial charge in [0.05, 0.1) is 12.8 Å². The fourth-order valence-electron chi connectivity index (χ4n) is 1.72. The average Bonchev–Trinajstić information content (AvgIpc) is 2.57. The molecule has 8 heteroatoms. The van der Waals surface area contributed by atoms with Crippen LogP contribution in [0.2, 0.25) is 0 Å². The van der Waals surface area contributed by atoms with E-state index in [0.29, 0.717) is 17.0 Å². The van der Waals surface area contributed by atoms with E-state index in [1.807, 2.05) is 31.2 Å². The first-order valence-corrected chi connectivity index (χ1v) is 7.71. The summed E-state index contributed by atoms with van der Waals surface area (Å²) in [4.78, 5) is 30.9. The molecular formula is C17H16Cl2N2O4. The van der Waals surface area contributed by atoms with E-state index in [0.717, 1.165) is 11.3 Å². The molecular weight excluding hydrogens is 367 g/mol. The molecule has 0 aliphatic carbocycles. The number of amides is 1. The number of hydrogen-bond donors (Lipinski definition) is 2. The predicted octanol–water partition coefficient (Wildman–Crippen LogP) is 3.36. The van der Waals surface area contributed by atoms with Crippen molar-refractivity contribution in [2.45, 2.75) is 6.92 Å². The zero-order valence-corrected chi connectivity index (χ0v) is 15.0. The van der Waals surface area contributed by atoms with Crippen molar-refractivity contribution in [2.24, 2.45) is 0 Å². The standard InChI is InChI=1S/C15H16N2O2.C2Cl2O2/c1-10-3-6-12(7-4-10)17-15(18)11-5-8-14(19-2)13(16)9-11;3-1(5)2(4)6/h3-9H,16H2,1-2H3,(H,17,18);. The minimum absolute atomic E-state index is 0.196. The third kappa shape index (κ3) is 6.82. The van der Waals surface area contributed by atoms with Crippen LogP contribution in [-0.4, -0.2) is 23.5 Å². The van der Waals surface area contributed by atoms with Gasteiger partial charge in [-0.05, 0) is 60.5 Å². The Morgan fingerprint density at radius 1 is 1.00 bits per heavy atom. The van der Waals surface area contributed by atoms with Crippen LogP contribution in [-0.2, 0) is 9.59 Å². The number of aryl methyl sites for hydroxylation is 1. The van der Waals surface area contributed by atoms with Crippen LogP contribution >= 0.6 is 23.2 Å². The summed E-state index contributed by atoms with van der Waals surface area (Å²) in [7, 11) is 1.54. The second-order valence-electron chi connectivity index (χ2n) is 4.82. The van der Waals surface area contributed by atoms with Crippen molar-refractivity contribution in [1.82, 2.24) is 0 Å². The molecule has 0 saturated heterocycles. The lowest BCUT2D eigenvalue weighted by Gasteiger charge is -2.08. The number of nitrogens with two attached hydrogens (primary N) is 1. The van der Waals surface area contributed by atoms with Gasteiger partial charge in [-0.25, -0.2) is 0 Å². The van der Waals surface area contributed by atoms with Crippen LogP contribution in [0.15, 0.2) is 42.5 Å². The molecule has 25 heavy (non-hydrogen) atoms. The summed E-state index contributed by atoms with van der Waals surface area (Å²) in [5.41, 5.74) is 8.62. The first-order chi connectivity index (χ1) is 11.7. The van der Waals surface area contributed by atoms with E-state index in [1.54, 1.807) is 18.2 Å². The van der Waals surface area contributed by atoms with Gasteiger partial charge in [-0.15, -0.1) is 0 Å². The molecule has 0 heterocycles. The number of anilines is 2. The molecule has 0 radical (unpaired) electrons. The Kier molecular flexibility index (Phi) is 7.91. The summed E-state index contributed by atoms with van der Waals surface area (Å²) in [6.07, 6.45) is 0. The van der Waals surface area contributed by atoms with Gasteiger partial charge in [0.1, 0.15) is 5.75 Å². The number of hydrogen-bond acceptors (Lipinski definition) is 5. The molecule has 0 unspecified atom stereocenters. The fraction of sp³-hybridized carbons (Fsp3) is 0.118. The van der Waals surface area contributed by atoms with Crippen molar-refractivity contribution in [2.75, 3.05) is 18.2 Å². The Bertz CT molecular complexity index is 765. The lowest BCUT2D eigenvalue weighted by atomic mass is 10.1. The smallest absolute Gasteiger partial charge is 0.304 e.